The van der Waals surface area contributed by atoms with Crippen LogP contribution in [0.2, 0.25) is 5.02 Å². The SMILES string of the molecule is CN(C)CCNCc1nnc(-c2ccc(Cl)cc2)o1. The lowest BCUT2D eigenvalue weighted by Gasteiger charge is -2.08. The predicted octanol–water partition coefficient (Wildman–Crippen LogP) is 2.04. The molecule has 2 rings (SSSR count). The van der Waals surface area contributed by atoms with Crippen LogP contribution >= 0.6 is 11.6 Å². The van der Waals surface area contributed by atoms with Gasteiger partial charge in [-0.05, 0) is 38.4 Å². The summed E-state index contributed by atoms with van der Waals surface area (Å²) >= 11 is 5.83. The maximum Gasteiger partial charge on any atom is 0.247 e. The second-order valence-electron chi connectivity index (χ2n) is 4.49. The van der Waals surface area contributed by atoms with Crippen molar-refractivity contribution in [2.75, 3.05) is 27.2 Å². The third kappa shape index (κ3) is 4.31. The Balaban J connectivity index is 1.90. The minimum Gasteiger partial charge on any atom is -0.419 e. The van der Waals surface area contributed by atoms with Gasteiger partial charge in [0.2, 0.25) is 11.8 Å². The Morgan fingerprint density at radius 1 is 1.21 bits per heavy atom. The van der Waals surface area contributed by atoms with Crippen LogP contribution in [0.4, 0.5) is 0 Å². The van der Waals surface area contributed by atoms with Gasteiger partial charge in [0.05, 0.1) is 6.54 Å². The van der Waals surface area contributed by atoms with Crippen molar-refractivity contribution in [1.82, 2.24) is 20.4 Å². The smallest absolute Gasteiger partial charge is 0.247 e. The van der Waals surface area contributed by atoms with E-state index in [0.717, 1.165) is 18.7 Å². The molecule has 0 aliphatic carbocycles. The Kier molecular flexibility index (Phi) is 4.90. The first-order valence-electron chi connectivity index (χ1n) is 6.09. The van der Waals surface area contributed by atoms with Gasteiger partial charge in [-0.1, -0.05) is 11.6 Å². The maximum absolute atomic E-state index is 5.83. The number of nitrogens with one attached hydrogen (secondary N) is 1. The van der Waals surface area contributed by atoms with Crippen LogP contribution in [-0.2, 0) is 6.54 Å². The minimum absolute atomic E-state index is 0.515. The van der Waals surface area contributed by atoms with E-state index < -0.39 is 0 Å². The molecule has 5 nitrogen and oxygen atoms in total. The molecular weight excluding hydrogens is 264 g/mol. The molecule has 0 saturated carbocycles. The molecule has 0 atom stereocenters. The Morgan fingerprint density at radius 3 is 2.63 bits per heavy atom. The van der Waals surface area contributed by atoms with Crippen molar-refractivity contribution in [3.05, 3.63) is 35.2 Å². The van der Waals surface area contributed by atoms with Crippen LogP contribution in [0.3, 0.4) is 0 Å². The fourth-order valence-electron chi connectivity index (χ4n) is 1.53. The highest BCUT2D eigenvalue weighted by Crippen LogP contribution is 2.19. The number of hydrogen-bond donors (Lipinski definition) is 1. The van der Waals surface area contributed by atoms with Crippen molar-refractivity contribution in [2.45, 2.75) is 6.54 Å². The average molecular weight is 281 g/mol. The molecule has 1 heterocycles. The van der Waals surface area contributed by atoms with Crippen LogP contribution in [0.25, 0.3) is 11.5 Å². The molecule has 2 aromatic rings. The van der Waals surface area contributed by atoms with Gasteiger partial charge >= 0.3 is 0 Å². The molecule has 0 aliphatic rings. The third-order valence-corrected chi connectivity index (χ3v) is 2.82. The summed E-state index contributed by atoms with van der Waals surface area (Å²) in [5.41, 5.74) is 0.872. The average Bonchev–Trinajstić information content (AvgIpc) is 2.84. The van der Waals surface area contributed by atoms with Gasteiger partial charge in [-0.15, -0.1) is 10.2 Å². The second-order valence-corrected chi connectivity index (χ2v) is 4.92. The molecule has 0 spiro atoms. The van der Waals surface area contributed by atoms with Gasteiger partial charge < -0.3 is 14.6 Å². The zero-order valence-electron chi connectivity index (χ0n) is 11.1. The number of rotatable bonds is 6. The highest BCUT2D eigenvalue weighted by molar-refractivity contribution is 6.30. The monoisotopic (exact) mass is 280 g/mol. The summed E-state index contributed by atoms with van der Waals surface area (Å²) < 4.78 is 5.58. The number of aromatic nitrogens is 2. The highest BCUT2D eigenvalue weighted by Gasteiger charge is 2.07. The fourth-order valence-corrected chi connectivity index (χ4v) is 1.66. The largest absolute Gasteiger partial charge is 0.419 e. The zero-order valence-corrected chi connectivity index (χ0v) is 11.8. The second kappa shape index (κ2) is 6.65. The fraction of sp³-hybridized carbons (Fsp3) is 0.385. The molecular formula is C13H17ClN4O. The van der Waals surface area contributed by atoms with Gasteiger partial charge in [-0.25, -0.2) is 0 Å². The van der Waals surface area contributed by atoms with Gasteiger partial charge in [0, 0.05) is 23.7 Å². The first kappa shape index (κ1) is 14.0. The number of likely N-dealkylation sites (N-methyl/N-ethyl adjacent to an activating group) is 1. The summed E-state index contributed by atoms with van der Waals surface area (Å²) in [5.74, 6) is 1.10. The molecule has 0 radical (unpaired) electrons. The van der Waals surface area contributed by atoms with Crippen molar-refractivity contribution in [3.8, 4) is 11.5 Å². The Hall–Kier alpha value is -1.43. The molecule has 1 N–H and O–H groups in total. The Morgan fingerprint density at radius 2 is 1.95 bits per heavy atom. The van der Waals surface area contributed by atoms with Crippen molar-refractivity contribution in [3.63, 3.8) is 0 Å². The van der Waals surface area contributed by atoms with Crippen LogP contribution in [-0.4, -0.2) is 42.3 Å². The molecule has 1 aromatic carbocycles. The molecule has 1 aromatic heterocycles. The van der Waals surface area contributed by atoms with Gasteiger partial charge in [0.25, 0.3) is 0 Å². The van der Waals surface area contributed by atoms with Crippen LogP contribution in [0.5, 0.6) is 0 Å². The van der Waals surface area contributed by atoms with E-state index in [1.165, 1.54) is 0 Å². The van der Waals surface area contributed by atoms with Crippen LogP contribution in [0.15, 0.2) is 28.7 Å². The normalized spacial score (nSPS) is 11.2. The lowest BCUT2D eigenvalue weighted by atomic mass is 10.2. The first-order valence-corrected chi connectivity index (χ1v) is 6.47. The van der Waals surface area contributed by atoms with Crippen molar-refractivity contribution >= 4 is 11.6 Å². The van der Waals surface area contributed by atoms with E-state index in [1.807, 2.05) is 26.2 Å². The third-order valence-electron chi connectivity index (χ3n) is 2.57. The molecule has 0 amide bonds. The van der Waals surface area contributed by atoms with E-state index in [2.05, 4.69) is 20.4 Å². The summed E-state index contributed by atoms with van der Waals surface area (Å²) in [5, 5.41) is 12.0. The number of nitrogens with zero attached hydrogens (tertiary/aromatic N) is 3. The van der Waals surface area contributed by atoms with Crippen LogP contribution < -0.4 is 5.32 Å². The first-order chi connectivity index (χ1) is 9.15. The molecule has 19 heavy (non-hydrogen) atoms. The molecule has 0 aliphatic heterocycles. The summed E-state index contributed by atoms with van der Waals surface area (Å²) in [6.45, 7) is 2.43. The van der Waals surface area contributed by atoms with E-state index in [1.54, 1.807) is 12.1 Å². The molecule has 0 saturated heterocycles. The predicted molar refractivity (Wildman–Crippen MR) is 75.0 cm³/mol. The highest BCUT2D eigenvalue weighted by atomic mass is 35.5. The molecule has 0 unspecified atom stereocenters. The van der Waals surface area contributed by atoms with Crippen LogP contribution in [0, 0.1) is 0 Å². The summed E-state index contributed by atoms with van der Waals surface area (Å²) in [7, 11) is 4.07. The Labute approximate surface area is 117 Å². The summed E-state index contributed by atoms with van der Waals surface area (Å²) in [6, 6.07) is 7.32. The lowest BCUT2D eigenvalue weighted by molar-refractivity contribution is 0.390. The topological polar surface area (TPSA) is 54.2 Å². The molecule has 102 valence electrons. The number of hydrogen-bond acceptors (Lipinski definition) is 5. The van der Waals surface area contributed by atoms with Crippen LogP contribution in [0.1, 0.15) is 5.89 Å². The maximum atomic E-state index is 5.83. The number of halogens is 1. The van der Waals surface area contributed by atoms with Gasteiger partial charge in [0.15, 0.2) is 0 Å². The van der Waals surface area contributed by atoms with Crippen molar-refractivity contribution < 1.29 is 4.42 Å². The van der Waals surface area contributed by atoms with E-state index in [-0.39, 0.29) is 0 Å². The van der Waals surface area contributed by atoms with E-state index in [4.69, 9.17) is 16.0 Å². The minimum atomic E-state index is 0.515. The van der Waals surface area contributed by atoms with Crippen molar-refractivity contribution in [1.29, 1.82) is 0 Å². The standard InChI is InChI=1S/C13H17ClN4O/c1-18(2)8-7-15-9-12-16-17-13(19-12)10-3-5-11(14)6-4-10/h3-6,15H,7-9H2,1-2H3. The molecule has 6 heteroatoms. The van der Waals surface area contributed by atoms with E-state index in [9.17, 15) is 0 Å². The Bertz CT molecular complexity index is 510. The number of benzene rings is 1. The molecule has 0 bridgehead atoms. The van der Waals surface area contributed by atoms with E-state index >= 15 is 0 Å². The van der Waals surface area contributed by atoms with Gasteiger partial charge in [0.1, 0.15) is 0 Å². The molecule has 0 fully saturated rings. The van der Waals surface area contributed by atoms with Gasteiger partial charge in [-0.3, -0.25) is 0 Å². The zero-order chi connectivity index (χ0) is 13.7. The van der Waals surface area contributed by atoms with Crippen molar-refractivity contribution in [2.24, 2.45) is 0 Å². The lowest BCUT2D eigenvalue weighted by Crippen LogP contribution is -2.26. The quantitative estimate of drug-likeness (QED) is 0.821. The summed E-state index contributed by atoms with van der Waals surface area (Å²) in [6.07, 6.45) is 0. The summed E-state index contributed by atoms with van der Waals surface area (Å²) in [4.78, 5) is 2.11. The van der Waals surface area contributed by atoms with E-state index in [0.29, 0.717) is 23.3 Å². The van der Waals surface area contributed by atoms with Gasteiger partial charge in [-0.2, -0.15) is 0 Å².